The van der Waals surface area contributed by atoms with Gasteiger partial charge in [0.05, 0.1) is 6.10 Å². The molecule has 0 saturated carbocycles. The lowest BCUT2D eigenvalue weighted by atomic mass is 10.00. The minimum absolute atomic E-state index is 0.234. The van der Waals surface area contributed by atoms with Crippen LogP contribution >= 0.6 is 0 Å². The zero-order chi connectivity index (χ0) is 15.1. The fraction of sp³-hybridized carbons (Fsp3) is 0.647. The van der Waals surface area contributed by atoms with Crippen LogP contribution in [0.3, 0.4) is 0 Å². The number of aliphatic hydroxyl groups excluding tert-OH is 1. The number of fused-ring (bicyclic) bond motifs is 1. The third kappa shape index (κ3) is 2.67. The summed E-state index contributed by atoms with van der Waals surface area (Å²) in [6.07, 6.45) is 1.87. The van der Waals surface area contributed by atoms with E-state index in [0.717, 1.165) is 18.8 Å². The minimum Gasteiger partial charge on any atom is -0.389 e. The average molecular weight is 292 g/mol. The Morgan fingerprint density at radius 1 is 1.33 bits per heavy atom. The van der Waals surface area contributed by atoms with Gasteiger partial charge in [0.25, 0.3) is 0 Å². The summed E-state index contributed by atoms with van der Waals surface area (Å²) in [4.78, 5) is 4.93. The lowest BCUT2D eigenvalue weighted by Gasteiger charge is -2.44. The summed E-state index contributed by atoms with van der Waals surface area (Å²) in [5, 5.41) is 10.0. The van der Waals surface area contributed by atoms with Crippen LogP contribution in [0.5, 0.6) is 0 Å². The van der Waals surface area contributed by atoms with Gasteiger partial charge in [-0.2, -0.15) is 0 Å². The predicted octanol–water partition coefficient (Wildman–Crippen LogP) is 2.86. The zero-order valence-electron chi connectivity index (χ0n) is 13.1. The molecular formula is C17H25FN2O. The molecule has 2 fully saturated rings. The van der Waals surface area contributed by atoms with Crippen molar-refractivity contribution >= 4 is 5.69 Å². The van der Waals surface area contributed by atoms with Gasteiger partial charge >= 0.3 is 0 Å². The number of rotatable bonds is 2. The first kappa shape index (κ1) is 14.8. The van der Waals surface area contributed by atoms with Gasteiger partial charge in [-0.05, 0) is 57.9 Å². The molecule has 1 aromatic rings. The Bertz CT molecular complexity index is 532. The highest BCUT2D eigenvalue weighted by molar-refractivity contribution is 5.58. The molecule has 2 heterocycles. The lowest BCUT2D eigenvalue weighted by molar-refractivity contribution is 0.192. The van der Waals surface area contributed by atoms with Gasteiger partial charge < -0.3 is 10.0 Å². The van der Waals surface area contributed by atoms with Gasteiger partial charge in [-0.1, -0.05) is 0 Å². The number of hydrogen-bond donors (Lipinski definition) is 1. The highest BCUT2D eigenvalue weighted by atomic mass is 19.1. The molecule has 1 aromatic carbocycles. The maximum Gasteiger partial charge on any atom is 0.126 e. The van der Waals surface area contributed by atoms with Crippen LogP contribution in [-0.2, 0) is 0 Å². The number of nitrogens with zero attached hydrogens (tertiary/aromatic N) is 2. The van der Waals surface area contributed by atoms with Crippen molar-refractivity contribution in [3.05, 3.63) is 29.1 Å². The summed E-state index contributed by atoms with van der Waals surface area (Å²) >= 11 is 0. The summed E-state index contributed by atoms with van der Waals surface area (Å²) in [6.45, 7) is 8.96. The molecule has 0 aromatic heterocycles. The van der Waals surface area contributed by atoms with E-state index in [0.29, 0.717) is 23.2 Å². The van der Waals surface area contributed by atoms with E-state index < -0.39 is 6.10 Å². The van der Waals surface area contributed by atoms with Crippen molar-refractivity contribution in [2.24, 2.45) is 0 Å². The second-order valence-corrected chi connectivity index (χ2v) is 6.63. The third-order valence-electron chi connectivity index (χ3n) is 5.00. The van der Waals surface area contributed by atoms with Crippen molar-refractivity contribution in [2.45, 2.75) is 51.8 Å². The summed E-state index contributed by atoms with van der Waals surface area (Å²) in [5.74, 6) is -0.234. The Labute approximate surface area is 126 Å². The quantitative estimate of drug-likeness (QED) is 0.908. The molecule has 2 aliphatic rings. The third-order valence-corrected chi connectivity index (χ3v) is 5.00. The number of aliphatic hydroxyl groups is 1. The van der Waals surface area contributed by atoms with Gasteiger partial charge in [-0.25, -0.2) is 4.39 Å². The first-order chi connectivity index (χ1) is 9.97. The maximum atomic E-state index is 13.9. The maximum absolute atomic E-state index is 13.9. The number of aryl methyl sites for hydroxylation is 1. The van der Waals surface area contributed by atoms with E-state index >= 15 is 0 Å². The van der Waals surface area contributed by atoms with Crippen LogP contribution in [0.2, 0.25) is 0 Å². The molecule has 21 heavy (non-hydrogen) atoms. The molecule has 0 radical (unpaired) electrons. The summed E-state index contributed by atoms with van der Waals surface area (Å²) in [7, 11) is 0. The number of benzene rings is 1. The van der Waals surface area contributed by atoms with Crippen molar-refractivity contribution in [1.82, 2.24) is 4.90 Å². The van der Waals surface area contributed by atoms with Crippen molar-refractivity contribution < 1.29 is 9.50 Å². The fourth-order valence-corrected chi connectivity index (χ4v) is 3.79. The Balaban J connectivity index is 1.97. The topological polar surface area (TPSA) is 26.7 Å². The molecule has 3 nitrogen and oxygen atoms in total. The van der Waals surface area contributed by atoms with Crippen LogP contribution in [0.1, 0.15) is 43.9 Å². The van der Waals surface area contributed by atoms with Crippen molar-refractivity contribution in [1.29, 1.82) is 0 Å². The van der Waals surface area contributed by atoms with Crippen molar-refractivity contribution in [3.8, 4) is 0 Å². The van der Waals surface area contributed by atoms with Crippen LogP contribution in [0.25, 0.3) is 0 Å². The van der Waals surface area contributed by atoms with E-state index in [1.165, 1.54) is 25.5 Å². The van der Waals surface area contributed by atoms with E-state index in [4.69, 9.17) is 0 Å². The molecule has 3 rings (SSSR count). The lowest BCUT2D eigenvalue weighted by Crippen LogP contribution is -2.55. The minimum atomic E-state index is -0.649. The van der Waals surface area contributed by atoms with Gasteiger partial charge in [0, 0.05) is 36.4 Å². The summed E-state index contributed by atoms with van der Waals surface area (Å²) < 4.78 is 13.9. The second kappa shape index (κ2) is 5.58. The van der Waals surface area contributed by atoms with Gasteiger partial charge in [-0.15, -0.1) is 0 Å². The zero-order valence-corrected chi connectivity index (χ0v) is 13.1. The fourth-order valence-electron chi connectivity index (χ4n) is 3.79. The van der Waals surface area contributed by atoms with Gasteiger partial charge in [0.2, 0.25) is 0 Å². The smallest absolute Gasteiger partial charge is 0.126 e. The normalized spacial score (nSPS) is 27.8. The van der Waals surface area contributed by atoms with Gasteiger partial charge in [-0.3, -0.25) is 4.90 Å². The van der Waals surface area contributed by atoms with Gasteiger partial charge in [0.15, 0.2) is 0 Å². The number of halogens is 1. The van der Waals surface area contributed by atoms with Crippen molar-refractivity contribution in [2.75, 3.05) is 24.5 Å². The highest BCUT2D eigenvalue weighted by Crippen LogP contribution is 2.34. The van der Waals surface area contributed by atoms with Gasteiger partial charge in [0.1, 0.15) is 5.82 Å². The molecular weight excluding hydrogens is 267 g/mol. The Kier molecular flexibility index (Phi) is 3.93. The van der Waals surface area contributed by atoms with Crippen LogP contribution in [0.15, 0.2) is 12.1 Å². The molecule has 0 spiro atoms. The Morgan fingerprint density at radius 2 is 2.10 bits per heavy atom. The Morgan fingerprint density at radius 3 is 2.81 bits per heavy atom. The molecule has 2 saturated heterocycles. The van der Waals surface area contributed by atoms with Crippen LogP contribution in [-0.4, -0.2) is 41.7 Å². The second-order valence-electron chi connectivity index (χ2n) is 6.63. The molecule has 3 unspecified atom stereocenters. The van der Waals surface area contributed by atoms with Crippen LogP contribution in [0, 0.1) is 12.7 Å². The average Bonchev–Trinajstić information content (AvgIpc) is 2.87. The number of piperazine rings is 1. The highest BCUT2D eigenvalue weighted by Gasteiger charge is 2.35. The largest absolute Gasteiger partial charge is 0.389 e. The van der Waals surface area contributed by atoms with Crippen LogP contribution in [0.4, 0.5) is 10.1 Å². The summed E-state index contributed by atoms with van der Waals surface area (Å²) in [6, 6.07) is 4.40. The molecule has 116 valence electrons. The SMILES string of the molecule is Cc1cc(N2CC3CCCN3CC2C)c(C(C)O)cc1F. The standard InChI is InChI=1S/C17H25FN2O/c1-11-7-17(15(13(3)21)8-16(11)18)20-10-14-5-4-6-19(14)9-12(20)2/h7-8,12-14,21H,4-6,9-10H2,1-3H3. The number of anilines is 1. The summed E-state index contributed by atoms with van der Waals surface area (Å²) in [5.41, 5.74) is 2.36. The predicted molar refractivity (Wildman–Crippen MR) is 83.2 cm³/mol. The first-order valence-corrected chi connectivity index (χ1v) is 7.96. The van der Waals surface area contributed by atoms with E-state index in [2.05, 4.69) is 16.7 Å². The van der Waals surface area contributed by atoms with E-state index in [1.54, 1.807) is 13.8 Å². The molecule has 3 atom stereocenters. The molecule has 4 heteroatoms. The molecule has 1 N–H and O–H groups in total. The molecule has 2 aliphatic heterocycles. The van der Waals surface area contributed by atoms with E-state index in [1.807, 2.05) is 6.07 Å². The number of hydrogen-bond acceptors (Lipinski definition) is 3. The monoisotopic (exact) mass is 292 g/mol. The van der Waals surface area contributed by atoms with Crippen LogP contribution < -0.4 is 4.90 Å². The Hall–Kier alpha value is -1.13. The van der Waals surface area contributed by atoms with E-state index in [9.17, 15) is 9.50 Å². The molecule has 0 aliphatic carbocycles. The molecule has 0 bridgehead atoms. The first-order valence-electron chi connectivity index (χ1n) is 7.96. The molecule has 0 amide bonds. The van der Waals surface area contributed by atoms with E-state index in [-0.39, 0.29) is 5.82 Å². The van der Waals surface area contributed by atoms with Crippen molar-refractivity contribution in [3.63, 3.8) is 0 Å².